The second-order valence-corrected chi connectivity index (χ2v) is 3.17. The van der Waals surface area contributed by atoms with E-state index in [4.69, 9.17) is 28.7 Å². The lowest BCUT2D eigenvalue weighted by Crippen LogP contribution is -2.00. The van der Waals surface area contributed by atoms with Gasteiger partial charge in [-0.05, 0) is 24.4 Å². The summed E-state index contributed by atoms with van der Waals surface area (Å²) in [4.78, 5) is 11.3. The Bertz CT molecular complexity index is 404. The van der Waals surface area contributed by atoms with E-state index >= 15 is 0 Å². The molecule has 0 N–H and O–H groups in total. The molecule has 0 aliphatic heterocycles. The molecule has 14 heavy (non-hydrogen) atoms. The molecule has 0 heterocycles. The molecule has 0 aliphatic rings. The third kappa shape index (κ3) is 2.61. The molecule has 0 aromatic heterocycles. The summed E-state index contributed by atoms with van der Waals surface area (Å²) in [7, 11) is 0. The normalized spacial score (nSPS) is 10.4. The molecule has 0 aliphatic carbocycles. The predicted molar refractivity (Wildman–Crippen MR) is 55.1 cm³/mol. The lowest BCUT2D eigenvalue weighted by atomic mass is 10.1. The van der Waals surface area contributed by atoms with Crippen LogP contribution in [0.5, 0.6) is 0 Å². The van der Waals surface area contributed by atoms with Crippen molar-refractivity contribution < 1.29 is 4.79 Å². The summed E-state index contributed by atoms with van der Waals surface area (Å²) in [6, 6.07) is 4.45. The molecule has 0 radical (unpaired) electrons. The molecule has 6 heteroatoms. The van der Waals surface area contributed by atoms with Gasteiger partial charge >= 0.3 is 0 Å². The Morgan fingerprint density at radius 2 is 2.14 bits per heavy atom. The Morgan fingerprint density at radius 1 is 1.43 bits per heavy atom. The van der Waals surface area contributed by atoms with E-state index in [0.29, 0.717) is 5.02 Å². The van der Waals surface area contributed by atoms with Crippen LogP contribution in [0.2, 0.25) is 10.0 Å². The van der Waals surface area contributed by atoms with E-state index in [1.165, 1.54) is 18.2 Å². The van der Waals surface area contributed by atoms with Crippen molar-refractivity contribution in [2.24, 2.45) is 10.3 Å². The molecule has 0 atom stereocenters. The number of hydrogen-bond donors (Lipinski definition) is 0. The number of ketones is 1. The number of carbonyl (C=O) groups is 1. The summed E-state index contributed by atoms with van der Waals surface area (Å²) >= 11 is 11.4. The Morgan fingerprint density at radius 3 is 2.71 bits per heavy atom. The van der Waals surface area contributed by atoms with E-state index in [0.717, 1.165) is 6.21 Å². The number of rotatable bonds is 3. The van der Waals surface area contributed by atoms with E-state index in [1.54, 1.807) is 0 Å². The molecule has 0 saturated heterocycles. The number of carbonyl (C=O) groups excluding carboxylic acids is 1. The topological polar surface area (TPSA) is 64.1 Å². The number of Topliss-reactive ketones (excluding diaryl/α,β-unsaturated/α-hetero) is 1. The summed E-state index contributed by atoms with van der Waals surface area (Å²) in [5.41, 5.74) is 8.25. The molecule has 0 amide bonds. The first kappa shape index (κ1) is 10.8. The monoisotopic (exact) mass is 228 g/mol. The van der Waals surface area contributed by atoms with Crippen LogP contribution in [-0.4, -0.2) is 12.0 Å². The largest absolute Gasteiger partial charge is 0.362 e. The highest BCUT2D eigenvalue weighted by atomic mass is 35.5. The van der Waals surface area contributed by atoms with E-state index in [-0.39, 0.29) is 10.6 Å². The number of nitrogens with zero attached hydrogens (tertiary/aromatic N) is 3. The highest BCUT2D eigenvalue weighted by molar-refractivity contribution is 6.43. The first-order chi connectivity index (χ1) is 6.65. The zero-order chi connectivity index (χ0) is 10.6. The fraction of sp³-hybridized carbons (Fsp3) is 0. The SMILES string of the molecule is [N-]=NN=CC(=O)c1ccc(Cl)cc1Cl. The van der Waals surface area contributed by atoms with Crippen LogP contribution in [0.4, 0.5) is 0 Å². The van der Waals surface area contributed by atoms with Gasteiger partial charge in [-0.25, -0.2) is 0 Å². The van der Waals surface area contributed by atoms with Gasteiger partial charge in [0, 0.05) is 10.6 Å². The summed E-state index contributed by atoms with van der Waals surface area (Å²) in [6.45, 7) is 0. The maximum absolute atomic E-state index is 11.3. The van der Waals surface area contributed by atoms with Crippen LogP contribution >= 0.6 is 23.2 Å². The molecular weight excluding hydrogens is 225 g/mol. The van der Waals surface area contributed by atoms with Crippen molar-refractivity contribution in [2.75, 3.05) is 0 Å². The summed E-state index contributed by atoms with van der Waals surface area (Å²) in [6.07, 6.45) is 0.856. The molecule has 0 fully saturated rings. The Kier molecular flexibility index (Phi) is 3.73. The molecule has 0 saturated carbocycles. The Balaban J connectivity index is 3.01. The van der Waals surface area contributed by atoms with Crippen LogP contribution < -0.4 is 0 Å². The zero-order valence-electron chi connectivity index (χ0n) is 6.82. The average Bonchev–Trinajstić information content (AvgIpc) is 2.14. The van der Waals surface area contributed by atoms with E-state index in [9.17, 15) is 4.79 Å². The molecule has 72 valence electrons. The van der Waals surface area contributed by atoms with Crippen molar-refractivity contribution in [1.29, 1.82) is 0 Å². The molecule has 4 nitrogen and oxygen atoms in total. The standard InChI is InChI=1S/C8H4Cl2N3O/c9-5-1-2-6(7(10)3-5)8(14)4-12-13-11/h1-4H/q-1. The molecule has 0 bridgehead atoms. The highest BCUT2D eigenvalue weighted by Gasteiger charge is 2.06. The maximum atomic E-state index is 11.3. The van der Waals surface area contributed by atoms with Gasteiger partial charge in [-0.15, -0.1) is 0 Å². The number of halogens is 2. The quantitative estimate of drug-likeness (QED) is 0.339. The highest BCUT2D eigenvalue weighted by Crippen LogP contribution is 2.20. The fourth-order valence-corrected chi connectivity index (χ4v) is 1.34. The van der Waals surface area contributed by atoms with Gasteiger partial charge in [0.05, 0.1) is 5.02 Å². The van der Waals surface area contributed by atoms with Gasteiger partial charge in [-0.1, -0.05) is 23.2 Å². The minimum Gasteiger partial charge on any atom is -0.362 e. The minimum absolute atomic E-state index is 0.229. The van der Waals surface area contributed by atoms with Crippen molar-refractivity contribution in [3.8, 4) is 0 Å². The van der Waals surface area contributed by atoms with Crippen molar-refractivity contribution in [3.63, 3.8) is 0 Å². The molecular formula is C8H4Cl2N3O-. The van der Waals surface area contributed by atoms with Gasteiger partial charge in [-0.2, -0.15) is 0 Å². The van der Waals surface area contributed by atoms with E-state index < -0.39 is 5.78 Å². The molecule has 0 unspecified atom stereocenters. The first-order valence-electron chi connectivity index (χ1n) is 3.52. The van der Waals surface area contributed by atoms with Crippen LogP contribution in [-0.2, 0) is 0 Å². The van der Waals surface area contributed by atoms with Crippen molar-refractivity contribution in [1.82, 2.24) is 0 Å². The molecule has 1 aromatic carbocycles. The van der Waals surface area contributed by atoms with Crippen molar-refractivity contribution in [3.05, 3.63) is 39.3 Å². The summed E-state index contributed by atoms with van der Waals surface area (Å²) in [5, 5.41) is 6.12. The predicted octanol–water partition coefficient (Wildman–Crippen LogP) is 3.18. The van der Waals surface area contributed by atoms with Crippen LogP contribution in [0, 0.1) is 0 Å². The van der Waals surface area contributed by atoms with Crippen LogP contribution in [0.3, 0.4) is 0 Å². The Labute approximate surface area is 90.0 Å². The van der Waals surface area contributed by atoms with E-state index in [2.05, 4.69) is 10.3 Å². The second kappa shape index (κ2) is 4.83. The van der Waals surface area contributed by atoms with Crippen molar-refractivity contribution >= 4 is 35.2 Å². The van der Waals surface area contributed by atoms with Crippen LogP contribution in [0.1, 0.15) is 10.4 Å². The van der Waals surface area contributed by atoms with Gasteiger partial charge in [0.25, 0.3) is 0 Å². The van der Waals surface area contributed by atoms with Gasteiger partial charge < -0.3 is 10.6 Å². The molecule has 1 rings (SSSR count). The zero-order valence-corrected chi connectivity index (χ0v) is 8.33. The summed E-state index contributed by atoms with van der Waals surface area (Å²) < 4.78 is 0. The van der Waals surface area contributed by atoms with Gasteiger partial charge in [-0.3, -0.25) is 10.0 Å². The number of benzene rings is 1. The lowest BCUT2D eigenvalue weighted by molar-refractivity contribution is 0.107. The number of hydrogen-bond acceptors (Lipinski definition) is 2. The third-order valence-corrected chi connectivity index (χ3v) is 1.97. The smallest absolute Gasteiger partial charge is 0.184 e. The minimum atomic E-state index is -0.454. The van der Waals surface area contributed by atoms with E-state index in [1.807, 2.05) is 0 Å². The van der Waals surface area contributed by atoms with Crippen LogP contribution in [0.25, 0.3) is 5.53 Å². The van der Waals surface area contributed by atoms with Crippen molar-refractivity contribution in [2.45, 2.75) is 0 Å². The summed E-state index contributed by atoms with van der Waals surface area (Å²) in [5.74, 6) is -0.454. The average molecular weight is 229 g/mol. The Hall–Kier alpha value is -1.26. The molecule has 1 aromatic rings. The maximum Gasteiger partial charge on any atom is 0.184 e. The fourth-order valence-electron chi connectivity index (χ4n) is 0.837. The van der Waals surface area contributed by atoms with Gasteiger partial charge in [0.2, 0.25) is 0 Å². The van der Waals surface area contributed by atoms with Crippen LogP contribution in [0.15, 0.2) is 28.5 Å². The second-order valence-electron chi connectivity index (χ2n) is 2.32. The molecule has 0 spiro atoms. The van der Waals surface area contributed by atoms with Gasteiger partial charge in [0.15, 0.2) is 5.78 Å². The third-order valence-electron chi connectivity index (χ3n) is 1.42. The van der Waals surface area contributed by atoms with Gasteiger partial charge in [0.1, 0.15) is 0 Å². The lowest BCUT2D eigenvalue weighted by Gasteiger charge is -2.00. The first-order valence-corrected chi connectivity index (χ1v) is 4.27.